The van der Waals surface area contributed by atoms with E-state index >= 15 is 0 Å². The van der Waals surface area contributed by atoms with Gasteiger partial charge in [-0.2, -0.15) is 0 Å². The van der Waals surface area contributed by atoms with Gasteiger partial charge in [0.1, 0.15) is 6.61 Å². The minimum atomic E-state index is -4.70. The molecule has 1 aromatic carbocycles. The molecule has 0 spiro atoms. The van der Waals surface area contributed by atoms with Crippen molar-refractivity contribution in [1.29, 1.82) is 0 Å². The van der Waals surface area contributed by atoms with Crippen molar-refractivity contribution in [3.05, 3.63) is 29.6 Å². The summed E-state index contributed by atoms with van der Waals surface area (Å²) in [6.07, 6.45) is -2.52. The van der Waals surface area contributed by atoms with Crippen molar-refractivity contribution >= 4 is 0 Å². The average molecular weight is 293 g/mol. The SMILES string of the molecule is Fc1cccc(CNC2CC2)c1OCCOC(F)(F)F. The summed E-state index contributed by atoms with van der Waals surface area (Å²) in [7, 11) is 0. The summed E-state index contributed by atoms with van der Waals surface area (Å²) < 4.78 is 57.7. The molecule has 1 N–H and O–H groups in total. The van der Waals surface area contributed by atoms with Crippen molar-refractivity contribution in [3.8, 4) is 5.75 Å². The molecule has 112 valence electrons. The van der Waals surface area contributed by atoms with Crippen molar-refractivity contribution in [2.24, 2.45) is 0 Å². The molecule has 0 aliphatic heterocycles. The number of ether oxygens (including phenoxy) is 2. The maximum atomic E-state index is 13.6. The van der Waals surface area contributed by atoms with E-state index in [4.69, 9.17) is 4.74 Å². The van der Waals surface area contributed by atoms with Gasteiger partial charge in [0, 0.05) is 18.2 Å². The van der Waals surface area contributed by atoms with Gasteiger partial charge < -0.3 is 10.1 Å². The molecule has 1 aliphatic rings. The molecule has 1 aliphatic carbocycles. The molecule has 7 heteroatoms. The Kier molecular flexibility index (Phi) is 4.82. The third kappa shape index (κ3) is 4.97. The van der Waals surface area contributed by atoms with Crippen LogP contribution in [0, 0.1) is 5.82 Å². The predicted molar refractivity (Wildman–Crippen MR) is 63.8 cm³/mol. The minimum Gasteiger partial charge on any atom is -0.488 e. The van der Waals surface area contributed by atoms with Gasteiger partial charge in [-0.1, -0.05) is 12.1 Å². The zero-order valence-electron chi connectivity index (χ0n) is 10.7. The molecule has 0 atom stereocenters. The summed E-state index contributed by atoms with van der Waals surface area (Å²) >= 11 is 0. The standard InChI is InChI=1S/C13H15F4NO2/c14-11-3-1-2-9(8-18-10-4-5-10)12(11)19-6-7-20-13(15,16)17/h1-3,10,18H,4-8H2. The fraction of sp³-hybridized carbons (Fsp3) is 0.538. The first-order valence-electron chi connectivity index (χ1n) is 6.30. The number of hydrogen-bond donors (Lipinski definition) is 1. The van der Waals surface area contributed by atoms with Crippen molar-refractivity contribution in [2.75, 3.05) is 13.2 Å². The number of rotatable bonds is 7. The van der Waals surface area contributed by atoms with Crippen molar-refractivity contribution in [3.63, 3.8) is 0 Å². The fourth-order valence-electron chi connectivity index (χ4n) is 1.70. The highest BCUT2D eigenvalue weighted by atomic mass is 19.4. The highest BCUT2D eigenvalue weighted by Gasteiger charge is 2.28. The van der Waals surface area contributed by atoms with E-state index in [9.17, 15) is 17.6 Å². The van der Waals surface area contributed by atoms with Crippen LogP contribution in [0.3, 0.4) is 0 Å². The maximum Gasteiger partial charge on any atom is 0.522 e. The van der Waals surface area contributed by atoms with E-state index in [0.717, 1.165) is 12.8 Å². The zero-order chi connectivity index (χ0) is 14.6. The van der Waals surface area contributed by atoms with Crippen LogP contribution in [-0.4, -0.2) is 25.6 Å². The number of hydrogen-bond acceptors (Lipinski definition) is 3. The Morgan fingerprint density at radius 1 is 1.20 bits per heavy atom. The zero-order valence-corrected chi connectivity index (χ0v) is 10.7. The second-order valence-corrected chi connectivity index (χ2v) is 4.53. The van der Waals surface area contributed by atoms with E-state index in [1.165, 1.54) is 12.1 Å². The fourth-order valence-corrected chi connectivity index (χ4v) is 1.70. The molecule has 1 saturated carbocycles. The Hall–Kier alpha value is -1.34. The summed E-state index contributed by atoms with van der Waals surface area (Å²) in [4.78, 5) is 0. The highest BCUT2D eigenvalue weighted by molar-refractivity contribution is 5.35. The largest absolute Gasteiger partial charge is 0.522 e. The van der Waals surface area contributed by atoms with E-state index in [2.05, 4.69) is 10.1 Å². The first-order valence-corrected chi connectivity index (χ1v) is 6.30. The molecule has 0 bridgehead atoms. The molecule has 0 heterocycles. The molecular formula is C13H15F4NO2. The van der Waals surface area contributed by atoms with Crippen LogP contribution in [0.4, 0.5) is 17.6 Å². The molecule has 2 rings (SSSR count). The van der Waals surface area contributed by atoms with Gasteiger partial charge in [0.15, 0.2) is 11.6 Å². The molecule has 0 saturated heterocycles. The van der Waals surface area contributed by atoms with Crippen LogP contribution in [0.2, 0.25) is 0 Å². The molecule has 20 heavy (non-hydrogen) atoms. The predicted octanol–water partition coefficient (Wildman–Crippen LogP) is 2.99. The molecule has 1 fully saturated rings. The first-order chi connectivity index (χ1) is 9.46. The Balaban J connectivity index is 1.87. The molecule has 3 nitrogen and oxygen atoms in total. The molecule has 0 unspecified atom stereocenters. The lowest BCUT2D eigenvalue weighted by molar-refractivity contribution is -0.325. The van der Waals surface area contributed by atoms with Gasteiger partial charge in [0.05, 0.1) is 6.61 Å². The van der Waals surface area contributed by atoms with Crippen LogP contribution in [0.25, 0.3) is 0 Å². The topological polar surface area (TPSA) is 30.5 Å². The van der Waals surface area contributed by atoms with E-state index in [1.807, 2.05) is 0 Å². The van der Waals surface area contributed by atoms with E-state index in [1.54, 1.807) is 6.07 Å². The minimum absolute atomic E-state index is 0.0218. The normalized spacial score (nSPS) is 15.4. The number of nitrogens with one attached hydrogen (secondary N) is 1. The summed E-state index contributed by atoms with van der Waals surface area (Å²) in [5.41, 5.74) is 0.587. The van der Waals surface area contributed by atoms with Gasteiger partial charge in [-0.25, -0.2) is 4.39 Å². The van der Waals surface area contributed by atoms with Crippen LogP contribution in [0.5, 0.6) is 5.75 Å². The Labute approximate surface area is 113 Å². The van der Waals surface area contributed by atoms with E-state index < -0.39 is 18.8 Å². The second kappa shape index (κ2) is 6.41. The Bertz CT molecular complexity index is 446. The highest BCUT2D eigenvalue weighted by Crippen LogP contribution is 2.25. The van der Waals surface area contributed by atoms with Gasteiger partial charge in [-0.15, -0.1) is 13.2 Å². The summed E-state index contributed by atoms with van der Waals surface area (Å²) in [5.74, 6) is -0.612. The Morgan fingerprint density at radius 2 is 1.95 bits per heavy atom. The first kappa shape index (κ1) is 15.1. The van der Waals surface area contributed by atoms with Crippen LogP contribution in [0.1, 0.15) is 18.4 Å². The van der Waals surface area contributed by atoms with Crippen molar-refractivity contribution in [1.82, 2.24) is 5.32 Å². The lowest BCUT2D eigenvalue weighted by atomic mass is 10.2. The van der Waals surface area contributed by atoms with Gasteiger partial charge >= 0.3 is 6.36 Å². The lowest BCUT2D eigenvalue weighted by Crippen LogP contribution is -2.20. The summed E-state index contributed by atoms with van der Waals surface area (Å²) in [5, 5.41) is 3.20. The number of para-hydroxylation sites is 1. The van der Waals surface area contributed by atoms with Crippen LogP contribution in [0.15, 0.2) is 18.2 Å². The molecule has 0 aromatic heterocycles. The summed E-state index contributed by atoms with van der Waals surface area (Å²) in [6.45, 7) is -0.609. The molecular weight excluding hydrogens is 278 g/mol. The van der Waals surface area contributed by atoms with Crippen molar-refractivity contribution < 1.29 is 27.0 Å². The van der Waals surface area contributed by atoms with Crippen LogP contribution in [-0.2, 0) is 11.3 Å². The average Bonchev–Trinajstić information content (AvgIpc) is 3.17. The Morgan fingerprint density at radius 3 is 2.60 bits per heavy atom. The van der Waals surface area contributed by atoms with Gasteiger partial charge in [0.2, 0.25) is 0 Å². The number of benzene rings is 1. The monoisotopic (exact) mass is 293 g/mol. The van der Waals surface area contributed by atoms with Gasteiger partial charge in [-0.3, -0.25) is 4.74 Å². The van der Waals surface area contributed by atoms with E-state index in [-0.39, 0.29) is 12.4 Å². The molecule has 0 radical (unpaired) electrons. The maximum absolute atomic E-state index is 13.6. The van der Waals surface area contributed by atoms with E-state index in [0.29, 0.717) is 18.2 Å². The lowest BCUT2D eigenvalue weighted by Gasteiger charge is -2.13. The second-order valence-electron chi connectivity index (χ2n) is 4.53. The summed E-state index contributed by atoms with van der Waals surface area (Å²) in [6, 6.07) is 4.87. The van der Waals surface area contributed by atoms with Crippen LogP contribution >= 0.6 is 0 Å². The number of halogens is 4. The third-order valence-electron chi connectivity index (χ3n) is 2.80. The molecule has 0 amide bonds. The number of alkyl halides is 3. The van der Waals surface area contributed by atoms with Gasteiger partial charge in [0.25, 0.3) is 0 Å². The third-order valence-corrected chi connectivity index (χ3v) is 2.80. The van der Waals surface area contributed by atoms with Crippen LogP contribution < -0.4 is 10.1 Å². The molecule has 1 aromatic rings. The quantitative estimate of drug-likeness (QED) is 0.619. The smallest absolute Gasteiger partial charge is 0.488 e. The van der Waals surface area contributed by atoms with Crippen molar-refractivity contribution in [2.45, 2.75) is 31.8 Å². The van der Waals surface area contributed by atoms with Gasteiger partial charge in [-0.05, 0) is 18.9 Å².